The van der Waals surface area contributed by atoms with Gasteiger partial charge in [0.25, 0.3) is 0 Å². The number of ether oxygens (including phenoxy) is 1. The van der Waals surface area contributed by atoms with Crippen LogP contribution >= 0.6 is 15.9 Å². The lowest BCUT2D eigenvalue weighted by molar-refractivity contribution is -0.131. The second-order valence-corrected chi connectivity index (χ2v) is 3.75. The van der Waals surface area contributed by atoms with Crippen LogP contribution in [-0.2, 0) is 4.79 Å². The molecule has 1 aromatic heterocycles. The van der Waals surface area contributed by atoms with Crippen LogP contribution in [0.3, 0.4) is 0 Å². The van der Waals surface area contributed by atoms with Gasteiger partial charge in [-0.15, -0.1) is 0 Å². The molecule has 1 aromatic carbocycles. The predicted octanol–water partition coefficient (Wildman–Crippen LogP) is 3.12. The number of fused-ring (bicyclic) bond motifs is 1. The molecule has 0 bridgehead atoms. The van der Waals surface area contributed by atoms with Gasteiger partial charge in [-0.1, -0.05) is 15.9 Å². The van der Waals surface area contributed by atoms with Crippen LogP contribution in [0.2, 0.25) is 0 Å². The van der Waals surface area contributed by atoms with Crippen molar-refractivity contribution in [3.8, 4) is 5.75 Å². The van der Waals surface area contributed by atoms with Crippen molar-refractivity contribution in [1.29, 1.82) is 0 Å². The Labute approximate surface area is 88.8 Å². The summed E-state index contributed by atoms with van der Waals surface area (Å²) in [6.07, 6.45) is 1.43. The van der Waals surface area contributed by atoms with Crippen LogP contribution < -0.4 is 4.74 Å². The van der Waals surface area contributed by atoms with Gasteiger partial charge < -0.3 is 9.15 Å². The van der Waals surface area contributed by atoms with Crippen LogP contribution in [-0.4, -0.2) is 5.97 Å². The summed E-state index contributed by atoms with van der Waals surface area (Å²) in [5, 5.41) is 0.795. The molecule has 0 aliphatic heterocycles. The van der Waals surface area contributed by atoms with Crippen molar-refractivity contribution in [1.82, 2.24) is 0 Å². The van der Waals surface area contributed by atoms with Gasteiger partial charge in [0.05, 0.1) is 5.39 Å². The Balaban J connectivity index is 2.52. The largest absolute Gasteiger partial charge is 0.460 e. The van der Waals surface area contributed by atoms with E-state index in [1.807, 2.05) is 18.2 Å². The molecular weight excluding hydrogens is 248 g/mol. The second kappa shape index (κ2) is 3.46. The number of benzene rings is 1. The van der Waals surface area contributed by atoms with Gasteiger partial charge >= 0.3 is 5.97 Å². The van der Waals surface area contributed by atoms with Crippen molar-refractivity contribution in [3.63, 3.8) is 0 Å². The summed E-state index contributed by atoms with van der Waals surface area (Å²) in [5.41, 5.74) is 0.690. The Hall–Kier alpha value is -1.29. The molecule has 0 unspecified atom stereocenters. The third-order valence-electron chi connectivity index (χ3n) is 1.76. The van der Waals surface area contributed by atoms with Gasteiger partial charge in [0.2, 0.25) is 0 Å². The SMILES string of the molecule is CC(=O)Oc1coc2cc(Br)ccc12. The first-order valence-electron chi connectivity index (χ1n) is 4.02. The summed E-state index contributed by atoms with van der Waals surface area (Å²) in [6.45, 7) is 1.36. The van der Waals surface area contributed by atoms with E-state index < -0.39 is 0 Å². The second-order valence-electron chi connectivity index (χ2n) is 2.83. The molecule has 1 heterocycles. The highest BCUT2D eigenvalue weighted by Crippen LogP contribution is 2.30. The van der Waals surface area contributed by atoms with Gasteiger partial charge in [-0.25, -0.2) is 0 Å². The van der Waals surface area contributed by atoms with Gasteiger partial charge in [-0.2, -0.15) is 0 Å². The molecule has 0 saturated heterocycles. The van der Waals surface area contributed by atoms with Crippen LogP contribution in [0.5, 0.6) is 5.75 Å². The van der Waals surface area contributed by atoms with Crippen molar-refractivity contribution in [2.75, 3.05) is 0 Å². The Morgan fingerprint density at radius 1 is 1.50 bits per heavy atom. The van der Waals surface area contributed by atoms with Gasteiger partial charge in [-0.3, -0.25) is 4.79 Å². The lowest BCUT2D eigenvalue weighted by Gasteiger charge is -1.96. The third-order valence-corrected chi connectivity index (χ3v) is 2.25. The van der Waals surface area contributed by atoms with Crippen molar-refractivity contribution < 1.29 is 13.9 Å². The number of rotatable bonds is 1. The number of hydrogen-bond donors (Lipinski definition) is 0. The predicted molar refractivity (Wildman–Crippen MR) is 55.2 cm³/mol. The maximum absolute atomic E-state index is 10.7. The van der Waals surface area contributed by atoms with E-state index in [-0.39, 0.29) is 5.97 Å². The first-order valence-corrected chi connectivity index (χ1v) is 4.81. The van der Waals surface area contributed by atoms with Crippen molar-refractivity contribution >= 4 is 32.9 Å². The van der Waals surface area contributed by atoms with E-state index in [9.17, 15) is 4.79 Å². The third kappa shape index (κ3) is 1.65. The minimum Gasteiger partial charge on any atom is -0.460 e. The number of halogens is 1. The van der Waals surface area contributed by atoms with Crippen LogP contribution in [0.25, 0.3) is 11.0 Å². The number of furan rings is 1. The standard InChI is InChI=1S/C10H7BrO3/c1-6(12)14-10-5-13-9-4-7(11)2-3-8(9)10/h2-5H,1H3. The average Bonchev–Trinajstić information content (AvgIpc) is 2.47. The van der Waals surface area contributed by atoms with Gasteiger partial charge in [0.1, 0.15) is 11.8 Å². The molecule has 0 aliphatic carbocycles. The van der Waals surface area contributed by atoms with E-state index in [2.05, 4.69) is 15.9 Å². The zero-order valence-corrected chi connectivity index (χ0v) is 9.00. The molecule has 2 rings (SSSR count). The minimum absolute atomic E-state index is 0.351. The zero-order chi connectivity index (χ0) is 10.1. The number of carbonyl (C=O) groups is 1. The van der Waals surface area contributed by atoms with Crippen molar-refractivity contribution in [2.45, 2.75) is 6.92 Å². The van der Waals surface area contributed by atoms with E-state index in [0.717, 1.165) is 9.86 Å². The first-order chi connectivity index (χ1) is 6.66. The lowest BCUT2D eigenvalue weighted by atomic mass is 10.2. The fourth-order valence-electron chi connectivity index (χ4n) is 1.21. The average molecular weight is 255 g/mol. The lowest BCUT2D eigenvalue weighted by Crippen LogP contribution is -2.00. The fourth-order valence-corrected chi connectivity index (χ4v) is 1.55. The number of esters is 1. The topological polar surface area (TPSA) is 39.4 Å². The van der Waals surface area contributed by atoms with Gasteiger partial charge in [-0.05, 0) is 18.2 Å². The maximum atomic E-state index is 10.7. The first kappa shape index (κ1) is 9.27. The molecule has 0 amide bonds. The highest BCUT2D eigenvalue weighted by Gasteiger charge is 2.08. The van der Waals surface area contributed by atoms with E-state index in [1.165, 1.54) is 13.2 Å². The van der Waals surface area contributed by atoms with Crippen LogP contribution in [0.4, 0.5) is 0 Å². The van der Waals surface area contributed by atoms with E-state index in [4.69, 9.17) is 9.15 Å². The molecule has 0 saturated carbocycles. The van der Waals surface area contributed by atoms with Crippen LogP contribution in [0, 0.1) is 0 Å². The van der Waals surface area contributed by atoms with E-state index in [1.54, 1.807) is 0 Å². The molecular formula is C10H7BrO3. The highest BCUT2D eigenvalue weighted by atomic mass is 79.9. The Kier molecular flexibility index (Phi) is 2.29. The normalized spacial score (nSPS) is 10.4. The van der Waals surface area contributed by atoms with Crippen molar-refractivity contribution in [3.05, 3.63) is 28.9 Å². The molecule has 0 fully saturated rings. The Bertz CT molecular complexity index is 487. The molecule has 4 heteroatoms. The van der Waals surface area contributed by atoms with Gasteiger partial charge in [0.15, 0.2) is 5.75 Å². The highest BCUT2D eigenvalue weighted by molar-refractivity contribution is 9.10. The molecule has 14 heavy (non-hydrogen) atoms. The van der Waals surface area contributed by atoms with Crippen LogP contribution in [0.15, 0.2) is 33.4 Å². The minimum atomic E-state index is -0.351. The summed E-state index contributed by atoms with van der Waals surface area (Å²) in [6, 6.07) is 5.52. The smallest absolute Gasteiger partial charge is 0.308 e. The fraction of sp³-hybridized carbons (Fsp3) is 0.100. The number of hydrogen-bond acceptors (Lipinski definition) is 3. The summed E-state index contributed by atoms with van der Waals surface area (Å²) in [5.74, 6) is 0.107. The molecule has 0 N–H and O–H groups in total. The molecule has 0 spiro atoms. The van der Waals surface area contributed by atoms with Crippen molar-refractivity contribution in [2.24, 2.45) is 0 Å². The Morgan fingerprint density at radius 2 is 2.29 bits per heavy atom. The van der Waals surface area contributed by atoms with E-state index >= 15 is 0 Å². The summed E-state index contributed by atoms with van der Waals surface area (Å²) < 4.78 is 11.1. The zero-order valence-electron chi connectivity index (χ0n) is 7.41. The van der Waals surface area contributed by atoms with Gasteiger partial charge in [0, 0.05) is 11.4 Å². The van der Waals surface area contributed by atoms with Crippen LogP contribution in [0.1, 0.15) is 6.92 Å². The molecule has 0 aliphatic rings. The quantitative estimate of drug-likeness (QED) is 0.735. The summed E-state index contributed by atoms with van der Waals surface area (Å²) in [7, 11) is 0. The molecule has 0 radical (unpaired) electrons. The summed E-state index contributed by atoms with van der Waals surface area (Å²) in [4.78, 5) is 10.7. The summed E-state index contributed by atoms with van der Waals surface area (Å²) >= 11 is 3.32. The number of carbonyl (C=O) groups excluding carboxylic acids is 1. The monoisotopic (exact) mass is 254 g/mol. The molecule has 72 valence electrons. The maximum Gasteiger partial charge on any atom is 0.308 e. The Morgan fingerprint density at radius 3 is 3.00 bits per heavy atom. The molecule has 3 nitrogen and oxygen atoms in total. The molecule has 0 atom stereocenters. The molecule has 2 aromatic rings. The van der Waals surface area contributed by atoms with E-state index in [0.29, 0.717) is 11.3 Å².